The van der Waals surface area contributed by atoms with Crippen molar-refractivity contribution < 1.29 is 14.7 Å². The molecule has 1 heterocycles. The number of aromatic nitrogens is 1. The van der Waals surface area contributed by atoms with E-state index in [9.17, 15) is 9.59 Å². The number of likely N-dealkylation sites (N-methyl/N-ethyl adjacent to an activating group) is 1. The van der Waals surface area contributed by atoms with Crippen molar-refractivity contribution in [1.29, 1.82) is 0 Å². The van der Waals surface area contributed by atoms with Crippen molar-refractivity contribution in [2.45, 2.75) is 0 Å². The molecule has 0 saturated carbocycles. The fourth-order valence-corrected chi connectivity index (χ4v) is 1.41. The van der Waals surface area contributed by atoms with E-state index in [4.69, 9.17) is 5.11 Å². The third kappa shape index (κ3) is 4.50. The van der Waals surface area contributed by atoms with Gasteiger partial charge in [0.15, 0.2) is 0 Å². The van der Waals surface area contributed by atoms with Crippen molar-refractivity contribution in [1.82, 2.24) is 14.8 Å². The Morgan fingerprint density at radius 3 is 2.56 bits per heavy atom. The van der Waals surface area contributed by atoms with E-state index in [1.807, 2.05) is 19.0 Å². The first-order chi connectivity index (χ1) is 8.50. The minimum Gasteiger partial charge on any atom is -0.480 e. The average molecular weight is 251 g/mol. The van der Waals surface area contributed by atoms with Gasteiger partial charge in [-0.25, -0.2) is 0 Å². The molecule has 98 valence electrons. The van der Waals surface area contributed by atoms with Gasteiger partial charge in [0.25, 0.3) is 5.91 Å². The van der Waals surface area contributed by atoms with Crippen LogP contribution in [0.2, 0.25) is 0 Å². The van der Waals surface area contributed by atoms with Gasteiger partial charge >= 0.3 is 5.97 Å². The first-order valence-electron chi connectivity index (χ1n) is 5.56. The SMILES string of the molecule is CN(C)CCN(CC(=O)O)C(=O)c1cccnc1. The number of pyridine rings is 1. The minimum absolute atomic E-state index is 0.304. The lowest BCUT2D eigenvalue weighted by molar-refractivity contribution is -0.137. The second-order valence-corrected chi connectivity index (χ2v) is 4.17. The highest BCUT2D eigenvalue weighted by molar-refractivity contribution is 5.95. The summed E-state index contributed by atoms with van der Waals surface area (Å²) in [4.78, 5) is 29.9. The van der Waals surface area contributed by atoms with E-state index in [0.717, 1.165) is 0 Å². The van der Waals surface area contributed by atoms with Crippen LogP contribution >= 0.6 is 0 Å². The molecule has 6 heteroatoms. The van der Waals surface area contributed by atoms with E-state index in [0.29, 0.717) is 18.7 Å². The predicted molar refractivity (Wildman–Crippen MR) is 66.3 cm³/mol. The molecule has 0 atom stereocenters. The third-order valence-electron chi connectivity index (χ3n) is 2.34. The molecule has 1 N–H and O–H groups in total. The largest absolute Gasteiger partial charge is 0.480 e. The summed E-state index contributed by atoms with van der Waals surface area (Å²) >= 11 is 0. The van der Waals surface area contributed by atoms with Crippen LogP contribution in [0.3, 0.4) is 0 Å². The molecule has 1 rings (SSSR count). The normalized spacial score (nSPS) is 10.4. The van der Waals surface area contributed by atoms with Crippen LogP contribution < -0.4 is 0 Å². The number of carboxylic acid groups (broad SMARTS) is 1. The van der Waals surface area contributed by atoms with Crippen molar-refractivity contribution in [3.63, 3.8) is 0 Å². The number of nitrogens with zero attached hydrogens (tertiary/aromatic N) is 3. The molecule has 0 aromatic carbocycles. The third-order valence-corrected chi connectivity index (χ3v) is 2.34. The fraction of sp³-hybridized carbons (Fsp3) is 0.417. The highest BCUT2D eigenvalue weighted by atomic mass is 16.4. The molecule has 0 spiro atoms. The zero-order valence-corrected chi connectivity index (χ0v) is 10.5. The summed E-state index contributed by atoms with van der Waals surface area (Å²) in [6.07, 6.45) is 3.00. The van der Waals surface area contributed by atoms with Gasteiger partial charge in [-0.1, -0.05) is 0 Å². The molecule has 1 amide bonds. The van der Waals surface area contributed by atoms with Gasteiger partial charge in [0.05, 0.1) is 5.56 Å². The molecular formula is C12H17N3O3. The van der Waals surface area contributed by atoms with Crippen LogP contribution in [-0.2, 0) is 4.79 Å². The van der Waals surface area contributed by atoms with Crippen LogP contribution in [0, 0.1) is 0 Å². The Morgan fingerprint density at radius 2 is 2.06 bits per heavy atom. The molecule has 0 aliphatic carbocycles. The van der Waals surface area contributed by atoms with Gasteiger partial charge in [0.1, 0.15) is 6.54 Å². The highest BCUT2D eigenvalue weighted by Crippen LogP contribution is 2.03. The molecule has 0 saturated heterocycles. The molecule has 6 nitrogen and oxygen atoms in total. The summed E-state index contributed by atoms with van der Waals surface area (Å²) in [5, 5.41) is 8.82. The predicted octanol–water partition coefficient (Wildman–Crippen LogP) is 0.170. The summed E-state index contributed by atoms with van der Waals surface area (Å²) in [5.74, 6) is -1.33. The van der Waals surface area contributed by atoms with Gasteiger partial charge in [-0.3, -0.25) is 14.6 Å². The summed E-state index contributed by atoms with van der Waals surface area (Å²) in [6.45, 7) is 0.674. The lowest BCUT2D eigenvalue weighted by Crippen LogP contribution is -2.40. The van der Waals surface area contributed by atoms with Gasteiger partial charge in [-0.05, 0) is 26.2 Å². The maximum atomic E-state index is 12.1. The van der Waals surface area contributed by atoms with E-state index in [-0.39, 0.29) is 12.5 Å². The smallest absolute Gasteiger partial charge is 0.323 e. The number of carboxylic acids is 1. The molecule has 0 aliphatic rings. The molecule has 1 aromatic rings. The molecule has 0 radical (unpaired) electrons. The first kappa shape index (κ1) is 14.1. The zero-order valence-electron chi connectivity index (χ0n) is 10.5. The Hall–Kier alpha value is -1.95. The monoisotopic (exact) mass is 251 g/mol. The summed E-state index contributed by atoms with van der Waals surface area (Å²) < 4.78 is 0. The van der Waals surface area contributed by atoms with Crippen LogP contribution in [0.4, 0.5) is 0 Å². The van der Waals surface area contributed by atoms with Crippen LogP contribution in [0.1, 0.15) is 10.4 Å². The van der Waals surface area contributed by atoms with Crippen LogP contribution in [-0.4, -0.2) is 65.5 Å². The highest BCUT2D eigenvalue weighted by Gasteiger charge is 2.18. The average Bonchev–Trinajstić information content (AvgIpc) is 2.34. The molecule has 0 aliphatic heterocycles. The number of carbonyl (C=O) groups excluding carboxylic acids is 1. The summed E-state index contributed by atoms with van der Waals surface area (Å²) in [6, 6.07) is 3.28. The Balaban J connectivity index is 2.75. The van der Waals surface area contributed by atoms with Crippen LogP contribution in [0.25, 0.3) is 0 Å². The lowest BCUT2D eigenvalue weighted by atomic mass is 10.2. The second-order valence-electron chi connectivity index (χ2n) is 4.17. The van der Waals surface area contributed by atoms with E-state index in [1.165, 1.54) is 11.1 Å². The number of carbonyl (C=O) groups is 2. The topological polar surface area (TPSA) is 73.7 Å². The van der Waals surface area contributed by atoms with Gasteiger partial charge in [0.2, 0.25) is 0 Å². The van der Waals surface area contributed by atoms with Crippen LogP contribution in [0.5, 0.6) is 0 Å². The summed E-state index contributed by atoms with van der Waals surface area (Å²) in [7, 11) is 3.74. The van der Waals surface area contributed by atoms with Crippen molar-refractivity contribution in [2.75, 3.05) is 33.7 Å². The Labute approximate surface area is 106 Å². The fourth-order valence-electron chi connectivity index (χ4n) is 1.41. The maximum Gasteiger partial charge on any atom is 0.323 e. The van der Waals surface area contributed by atoms with Gasteiger partial charge < -0.3 is 14.9 Å². The number of rotatable bonds is 6. The number of hydrogen-bond acceptors (Lipinski definition) is 4. The van der Waals surface area contributed by atoms with Gasteiger partial charge in [0, 0.05) is 25.5 Å². The molecule has 0 unspecified atom stereocenters. The van der Waals surface area contributed by atoms with Crippen molar-refractivity contribution in [2.24, 2.45) is 0 Å². The quantitative estimate of drug-likeness (QED) is 0.780. The van der Waals surface area contributed by atoms with Crippen molar-refractivity contribution in [3.05, 3.63) is 30.1 Å². The Morgan fingerprint density at radius 1 is 1.33 bits per heavy atom. The maximum absolute atomic E-state index is 12.1. The molecule has 1 aromatic heterocycles. The van der Waals surface area contributed by atoms with E-state index >= 15 is 0 Å². The number of hydrogen-bond donors (Lipinski definition) is 1. The van der Waals surface area contributed by atoms with Crippen LogP contribution in [0.15, 0.2) is 24.5 Å². The van der Waals surface area contributed by atoms with Crippen molar-refractivity contribution >= 4 is 11.9 Å². The molecule has 0 fully saturated rings. The van der Waals surface area contributed by atoms with E-state index in [1.54, 1.807) is 18.3 Å². The molecule has 18 heavy (non-hydrogen) atoms. The number of aliphatic carboxylic acids is 1. The van der Waals surface area contributed by atoms with E-state index < -0.39 is 5.97 Å². The lowest BCUT2D eigenvalue weighted by Gasteiger charge is -2.22. The first-order valence-corrected chi connectivity index (χ1v) is 5.56. The second kappa shape index (κ2) is 6.70. The summed E-state index contributed by atoms with van der Waals surface area (Å²) in [5.41, 5.74) is 0.400. The molecule has 0 bridgehead atoms. The number of amides is 1. The van der Waals surface area contributed by atoms with E-state index in [2.05, 4.69) is 4.98 Å². The van der Waals surface area contributed by atoms with Crippen molar-refractivity contribution in [3.8, 4) is 0 Å². The standard InChI is InChI=1S/C12H17N3O3/c1-14(2)6-7-15(9-11(16)17)12(18)10-4-3-5-13-8-10/h3-5,8H,6-7,9H2,1-2H3,(H,16,17). The molecular weight excluding hydrogens is 234 g/mol. The Bertz CT molecular complexity index is 406. The minimum atomic E-state index is -1.02. The zero-order chi connectivity index (χ0) is 13.5. The Kier molecular flexibility index (Phi) is 5.26. The van der Waals surface area contributed by atoms with Gasteiger partial charge in [-0.15, -0.1) is 0 Å². The van der Waals surface area contributed by atoms with Gasteiger partial charge in [-0.2, -0.15) is 0 Å².